The molecule has 0 atom stereocenters. The summed E-state index contributed by atoms with van der Waals surface area (Å²) in [5, 5.41) is 18.1. The molecule has 2 rings (SSSR count). The lowest BCUT2D eigenvalue weighted by Crippen LogP contribution is -1.91. The quantitative estimate of drug-likeness (QED) is 0.570. The summed E-state index contributed by atoms with van der Waals surface area (Å²) in [5.74, 6) is 0.433. The third-order valence-electron chi connectivity index (χ3n) is 1.14. The molecule has 0 amide bonds. The van der Waals surface area contributed by atoms with E-state index in [0.717, 1.165) is 0 Å². The Hall–Kier alpha value is -1.99. The molecule has 2 aromatic rings. The van der Waals surface area contributed by atoms with Crippen LogP contribution in [0.15, 0.2) is 4.42 Å². The molecule has 0 aromatic carbocycles. The first kappa shape index (κ1) is 6.70. The highest BCUT2D eigenvalue weighted by Gasteiger charge is 2.11. The van der Waals surface area contributed by atoms with Crippen LogP contribution in [-0.4, -0.2) is 30.4 Å². The molecule has 8 heteroatoms. The highest BCUT2D eigenvalue weighted by atomic mass is 16.4. The molecule has 2 heterocycles. The third-order valence-corrected chi connectivity index (χ3v) is 1.14. The maximum atomic E-state index is 5.20. The maximum absolute atomic E-state index is 5.20. The first-order valence-corrected chi connectivity index (χ1v) is 3.09. The molecule has 2 aromatic heterocycles. The monoisotopic (exact) mass is 167 g/mol. The number of anilines is 1. The summed E-state index contributed by atoms with van der Waals surface area (Å²) in [6.45, 7) is 0. The van der Waals surface area contributed by atoms with Gasteiger partial charge in [-0.3, -0.25) is 0 Å². The van der Waals surface area contributed by atoms with Gasteiger partial charge in [0.1, 0.15) is 0 Å². The van der Waals surface area contributed by atoms with E-state index in [2.05, 4.69) is 25.6 Å². The number of nitrogen functional groups attached to an aromatic ring is 1. The van der Waals surface area contributed by atoms with E-state index < -0.39 is 0 Å². The second kappa shape index (κ2) is 2.26. The van der Waals surface area contributed by atoms with E-state index in [1.54, 1.807) is 7.05 Å². The first-order valence-electron chi connectivity index (χ1n) is 3.09. The molecule has 0 aliphatic carbocycles. The van der Waals surface area contributed by atoms with Crippen LogP contribution in [0.1, 0.15) is 0 Å². The fourth-order valence-corrected chi connectivity index (χ4v) is 0.695. The van der Waals surface area contributed by atoms with Crippen LogP contribution in [0.25, 0.3) is 11.7 Å². The number of hydrogen-bond donors (Lipinski definition) is 1. The molecule has 62 valence electrons. The van der Waals surface area contributed by atoms with Crippen molar-refractivity contribution in [2.75, 3.05) is 5.73 Å². The van der Waals surface area contributed by atoms with Gasteiger partial charge in [0.2, 0.25) is 0 Å². The van der Waals surface area contributed by atoms with Crippen LogP contribution in [0, 0.1) is 0 Å². The van der Waals surface area contributed by atoms with Gasteiger partial charge < -0.3 is 10.2 Å². The van der Waals surface area contributed by atoms with Gasteiger partial charge in [-0.2, -0.15) is 4.80 Å². The molecule has 0 radical (unpaired) electrons. The second-order valence-corrected chi connectivity index (χ2v) is 2.05. The highest BCUT2D eigenvalue weighted by Crippen LogP contribution is 2.11. The molecular weight excluding hydrogens is 162 g/mol. The van der Waals surface area contributed by atoms with Crippen molar-refractivity contribution in [1.82, 2.24) is 30.4 Å². The molecule has 0 fully saturated rings. The lowest BCUT2D eigenvalue weighted by atomic mass is 10.6. The molecule has 12 heavy (non-hydrogen) atoms. The molecule has 2 N–H and O–H groups in total. The van der Waals surface area contributed by atoms with Crippen LogP contribution in [0.2, 0.25) is 0 Å². The van der Waals surface area contributed by atoms with Gasteiger partial charge in [-0.25, -0.2) is 0 Å². The van der Waals surface area contributed by atoms with Crippen LogP contribution in [0.3, 0.4) is 0 Å². The smallest absolute Gasteiger partial charge is 0.313 e. The number of aryl methyl sites for hydroxylation is 1. The fraction of sp³-hybridized carbons (Fsp3) is 0.250. The number of aromatic nitrogens is 6. The van der Waals surface area contributed by atoms with Crippen LogP contribution >= 0.6 is 0 Å². The molecule has 0 aliphatic rings. The van der Waals surface area contributed by atoms with Crippen molar-refractivity contribution in [3.63, 3.8) is 0 Å². The summed E-state index contributed by atoms with van der Waals surface area (Å²) in [5.41, 5.74) is 5.20. The summed E-state index contributed by atoms with van der Waals surface area (Å²) >= 11 is 0. The normalized spacial score (nSPS) is 10.4. The second-order valence-electron chi connectivity index (χ2n) is 2.05. The number of nitrogens with zero attached hydrogens (tertiary/aromatic N) is 6. The molecule has 0 aliphatic heterocycles. The third kappa shape index (κ3) is 0.983. The standard InChI is InChI=1S/C4H5N7O/c1-11-9-2(6-10-11)3-7-8-4(5)12-3/h1H3,(H2,5,8). The van der Waals surface area contributed by atoms with Gasteiger partial charge in [0.15, 0.2) is 0 Å². The van der Waals surface area contributed by atoms with Gasteiger partial charge in [0.05, 0.1) is 7.05 Å². The predicted molar refractivity (Wildman–Crippen MR) is 36.5 cm³/mol. The number of rotatable bonds is 1. The molecule has 0 unspecified atom stereocenters. The molecule has 0 spiro atoms. The zero-order valence-electron chi connectivity index (χ0n) is 6.17. The van der Waals surface area contributed by atoms with E-state index in [4.69, 9.17) is 10.2 Å². The van der Waals surface area contributed by atoms with E-state index in [9.17, 15) is 0 Å². The number of hydrogen-bond acceptors (Lipinski definition) is 7. The minimum atomic E-state index is -0.0162. The van der Waals surface area contributed by atoms with E-state index in [1.165, 1.54) is 4.80 Å². The Morgan fingerprint density at radius 2 is 2.17 bits per heavy atom. The van der Waals surface area contributed by atoms with Crippen molar-refractivity contribution in [2.45, 2.75) is 0 Å². The molecule has 0 bridgehead atoms. The Morgan fingerprint density at radius 1 is 1.33 bits per heavy atom. The largest absolute Gasteiger partial charge is 0.400 e. The van der Waals surface area contributed by atoms with Gasteiger partial charge >= 0.3 is 6.01 Å². The summed E-state index contributed by atoms with van der Waals surface area (Å²) in [6, 6.07) is -0.0162. The lowest BCUT2D eigenvalue weighted by molar-refractivity contribution is 0.582. The average Bonchev–Trinajstić information content (AvgIpc) is 2.58. The minimum absolute atomic E-state index is 0.0162. The van der Waals surface area contributed by atoms with Crippen molar-refractivity contribution in [1.29, 1.82) is 0 Å². The van der Waals surface area contributed by atoms with Gasteiger partial charge in [0, 0.05) is 0 Å². The van der Waals surface area contributed by atoms with Crippen LogP contribution in [-0.2, 0) is 7.05 Å². The molecular formula is C4H5N7O. The van der Waals surface area contributed by atoms with Crippen molar-refractivity contribution in [3.05, 3.63) is 0 Å². The van der Waals surface area contributed by atoms with Crippen molar-refractivity contribution in [3.8, 4) is 11.7 Å². The zero-order chi connectivity index (χ0) is 8.55. The summed E-state index contributed by atoms with van der Waals surface area (Å²) in [4.78, 5) is 1.29. The van der Waals surface area contributed by atoms with Crippen molar-refractivity contribution < 1.29 is 4.42 Å². The van der Waals surface area contributed by atoms with Crippen LogP contribution in [0.4, 0.5) is 6.01 Å². The van der Waals surface area contributed by atoms with Crippen molar-refractivity contribution in [2.24, 2.45) is 7.05 Å². The van der Waals surface area contributed by atoms with Gasteiger partial charge in [-0.15, -0.1) is 15.3 Å². The van der Waals surface area contributed by atoms with E-state index >= 15 is 0 Å². The number of tetrazole rings is 1. The Bertz CT molecular complexity index is 351. The zero-order valence-corrected chi connectivity index (χ0v) is 6.17. The van der Waals surface area contributed by atoms with E-state index in [1.807, 2.05) is 0 Å². The van der Waals surface area contributed by atoms with Crippen molar-refractivity contribution >= 4 is 6.01 Å². The summed E-state index contributed by atoms with van der Waals surface area (Å²) in [7, 11) is 1.64. The SMILES string of the molecule is Cn1nnc(-c2nnc(N)o2)n1. The predicted octanol–water partition coefficient (Wildman–Crippen LogP) is -1.16. The van der Waals surface area contributed by atoms with E-state index in [0.29, 0.717) is 0 Å². The highest BCUT2D eigenvalue weighted by molar-refractivity contribution is 5.37. The number of nitrogens with two attached hydrogens (primary N) is 1. The van der Waals surface area contributed by atoms with Crippen LogP contribution in [0.5, 0.6) is 0 Å². The Morgan fingerprint density at radius 3 is 2.67 bits per heavy atom. The van der Waals surface area contributed by atoms with Crippen LogP contribution < -0.4 is 5.73 Å². The Labute approximate surface area is 66.4 Å². The Kier molecular flexibility index (Phi) is 1.26. The maximum Gasteiger partial charge on any atom is 0.313 e. The Balaban J connectivity index is 2.43. The minimum Gasteiger partial charge on any atom is -0.400 e. The summed E-state index contributed by atoms with van der Waals surface area (Å²) < 4.78 is 4.86. The van der Waals surface area contributed by atoms with Gasteiger partial charge in [0.25, 0.3) is 11.7 Å². The van der Waals surface area contributed by atoms with Gasteiger partial charge in [-0.05, 0) is 5.21 Å². The molecule has 8 nitrogen and oxygen atoms in total. The summed E-state index contributed by atoms with van der Waals surface area (Å²) in [6.07, 6.45) is 0. The average molecular weight is 167 g/mol. The first-order chi connectivity index (χ1) is 5.75. The topological polar surface area (TPSA) is 109 Å². The molecule has 0 saturated heterocycles. The molecule has 0 saturated carbocycles. The lowest BCUT2D eigenvalue weighted by Gasteiger charge is -1.80. The van der Waals surface area contributed by atoms with Gasteiger partial charge in [-0.1, -0.05) is 5.10 Å². The van der Waals surface area contributed by atoms with E-state index in [-0.39, 0.29) is 17.7 Å². The fourth-order valence-electron chi connectivity index (χ4n) is 0.695.